The van der Waals surface area contributed by atoms with Crippen molar-refractivity contribution >= 4 is 16.9 Å². The zero-order valence-electron chi connectivity index (χ0n) is 19.8. The summed E-state index contributed by atoms with van der Waals surface area (Å²) in [5.74, 6) is 0.239. The van der Waals surface area contributed by atoms with Crippen LogP contribution in [-0.2, 0) is 17.9 Å². The molecule has 0 bridgehead atoms. The molecule has 9 heteroatoms. The van der Waals surface area contributed by atoms with Gasteiger partial charge < -0.3 is 25.0 Å². The Balaban J connectivity index is 1.26. The predicted molar refractivity (Wildman–Crippen MR) is 132 cm³/mol. The lowest BCUT2D eigenvalue weighted by atomic mass is 9.80. The fraction of sp³-hybridized carbons (Fsp3) is 0.500. The molecule has 3 N–H and O–H groups in total. The zero-order valence-corrected chi connectivity index (χ0v) is 19.8. The monoisotopic (exact) mass is 479 g/mol. The van der Waals surface area contributed by atoms with E-state index in [1.807, 2.05) is 23.1 Å². The molecule has 2 aliphatic rings. The fourth-order valence-corrected chi connectivity index (χ4v) is 5.56. The molecule has 0 saturated carbocycles. The van der Waals surface area contributed by atoms with Crippen molar-refractivity contribution < 1.29 is 15.0 Å². The van der Waals surface area contributed by atoms with Gasteiger partial charge in [0.05, 0.1) is 24.1 Å². The molecule has 2 fully saturated rings. The number of nitrogens with one attached hydrogen (secondary N) is 1. The first-order valence-corrected chi connectivity index (χ1v) is 12.4. The van der Waals surface area contributed by atoms with Gasteiger partial charge in [-0.25, -0.2) is 4.98 Å². The molecule has 9 nitrogen and oxygen atoms in total. The number of hydrogen-bond acceptors (Lipinski definition) is 6. The SMILES string of the molecule is O=C([C@@H]1CCNC[C@H]1c1ccccc1)N1CCC(O)(Cn2cnc3c(ccn3CCO)c2=O)CC1. The van der Waals surface area contributed by atoms with E-state index in [2.05, 4.69) is 22.4 Å². The van der Waals surface area contributed by atoms with Crippen LogP contribution in [0.2, 0.25) is 0 Å². The van der Waals surface area contributed by atoms with Crippen LogP contribution in [0.1, 0.15) is 30.7 Å². The van der Waals surface area contributed by atoms with E-state index in [-0.39, 0.29) is 36.5 Å². The molecule has 0 aliphatic carbocycles. The first kappa shape index (κ1) is 23.7. The van der Waals surface area contributed by atoms with Crippen molar-refractivity contribution in [2.75, 3.05) is 32.8 Å². The topological polar surface area (TPSA) is 113 Å². The summed E-state index contributed by atoms with van der Waals surface area (Å²) >= 11 is 0. The van der Waals surface area contributed by atoms with Gasteiger partial charge in [0.15, 0.2) is 0 Å². The van der Waals surface area contributed by atoms with Crippen molar-refractivity contribution in [1.82, 2.24) is 24.3 Å². The van der Waals surface area contributed by atoms with Gasteiger partial charge in [0.2, 0.25) is 5.91 Å². The highest BCUT2D eigenvalue weighted by Gasteiger charge is 2.39. The molecule has 0 unspecified atom stereocenters. The van der Waals surface area contributed by atoms with Crippen molar-refractivity contribution in [3.63, 3.8) is 0 Å². The molecule has 1 amide bonds. The average molecular weight is 480 g/mol. The van der Waals surface area contributed by atoms with Gasteiger partial charge in [0.25, 0.3) is 5.56 Å². The molecule has 35 heavy (non-hydrogen) atoms. The van der Waals surface area contributed by atoms with E-state index < -0.39 is 5.60 Å². The molecule has 0 spiro atoms. The van der Waals surface area contributed by atoms with Crippen LogP contribution < -0.4 is 10.9 Å². The zero-order chi connectivity index (χ0) is 24.4. The second kappa shape index (κ2) is 9.93. The van der Waals surface area contributed by atoms with Crippen molar-refractivity contribution in [1.29, 1.82) is 0 Å². The van der Waals surface area contributed by atoms with E-state index in [1.54, 1.807) is 16.8 Å². The summed E-state index contributed by atoms with van der Waals surface area (Å²) in [6, 6.07) is 11.9. The number of fused-ring (bicyclic) bond motifs is 1. The lowest BCUT2D eigenvalue weighted by Crippen LogP contribution is -2.52. The predicted octanol–water partition coefficient (Wildman–Crippen LogP) is 0.937. The number of nitrogens with zero attached hydrogens (tertiary/aromatic N) is 4. The van der Waals surface area contributed by atoms with Gasteiger partial charge in [-0.15, -0.1) is 0 Å². The Kier molecular flexibility index (Phi) is 6.73. The summed E-state index contributed by atoms with van der Waals surface area (Å²) in [6.45, 7) is 3.04. The standard InChI is InChI=1S/C26H33N5O4/c32-15-14-29-11-7-21-23(29)28-18-31(25(21)34)17-26(35)8-12-30(13-9-26)24(33)20-6-10-27-16-22(20)19-4-2-1-3-5-19/h1-5,7,11,18,20,22,27,32,35H,6,8-10,12-17H2/t20-,22+/m1/s1. The maximum absolute atomic E-state index is 13.5. The van der Waals surface area contributed by atoms with E-state index >= 15 is 0 Å². The molecule has 3 aromatic rings. The summed E-state index contributed by atoms with van der Waals surface area (Å²) in [4.78, 5) is 32.8. The molecule has 5 rings (SSSR count). The van der Waals surface area contributed by atoms with Crippen molar-refractivity contribution in [3.05, 3.63) is 64.8 Å². The fourth-order valence-electron chi connectivity index (χ4n) is 5.56. The number of hydrogen-bond donors (Lipinski definition) is 3. The Bertz CT molecular complexity index is 1230. The van der Waals surface area contributed by atoms with Gasteiger partial charge in [-0.1, -0.05) is 30.3 Å². The minimum absolute atomic E-state index is 0.0347. The highest BCUT2D eigenvalue weighted by atomic mass is 16.3. The highest BCUT2D eigenvalue weighted by Crippen LogP contribution is 2.33. The third-order valence-electron chi connectivity index (χ3n) is 7.58. The van der Waals surface area contributed by atoms with Gasteiger partial charge in [0, 0.05) is 44.2 Å². The molecule has 2 atom stereocenters. The molecular weight excluding hydrogens is 446 g/mol. The number of carbonyl (C=O) groups excluding carboxylic acids is 1. The van der Waals surface area contributed by atoms with Gasteiger partial charge in [0.1, 0.15) is 12.0 Å². The van der Waals surface area contributed by atoms with Crippen LogP contribution >= 0.6 is 0 Å². The number of aliphatic hydroxyl groups is 2. The van der Waals surface area contributed by atoms with Crippen molar-refractivity contribution in [2.45, 2.75) is 43.9 Å². The lowest BCUT2D eigenvalue weighted by molar-refractivity contribution is -0.141. The number of likely N-dealkylation sites (tertiary alicyclic amines) is 1. The number of rotatable bonds is 6. The maximum Gasteiger partial charge on any atom is 0.262 e. The van der Waals surface area contributed by atoms with Crippen LogP contribution in [0.5, 0.6) is 0 Å². The van der Waals surface area contributed by atoms with Crippen LogP contribution in [-0.4, -0.2) is 73.5 Å². The summed E-state index contributed by atoms with van der Waals surface area (Å²) in [5.41, 5.74) is 0.430. The third-order valence-corrected chi connectivity index (χ3v) is 7.58. The molecule has 1 aromatic carbocycles. The molecular formula is C26H33N5O4. The second-order valence-corrected chi connectivity index (χ2v) is 9.81. The average Bonchev–Trinajstić information content (AvgIpc) is 3.30. The van der Waals surface area contributed by atoms with Gasteiger partial charge in [-0.2, -0.15) is 0 Å². The van der Waals surface area contributed by atoms with Crippen LogP contribution in [0.4, 0.5) is 0 Å². The molecule has 2 aliphatic heterocycles. The molecule has 0 radical (unpaired) electrons. The van der Waals surface area contributed by atoms with Crippen LogP contribution in [0.25, 0.3) is 11.0 Å². The van der Waals surface area contributed by atoms with Gasteiger partial charge in [-0.05, 0) is 37.4 Å². The smallest absolute Gasteiger partial charge is 0.262 e. The number of aromatic nitrogens is 3. The van der Waals surface area contributed by atoms with Crippen molar-refractivity contribution in [3.8, 4) is 0 Å². The van der Waals surface area contributed by atoms with Crippen molar-refractivity contribution in [2.24, 2.45) is 5.92 Å². The maximum atomic E-state index is 13.5. The summed E-state index contributed by atoms with van der Waals surface area (Å²) in [6.07, 6.45) is 4.83. The minimum Gasteiger partial charge on any atom is -0.395 e. The highest BCUT2D eigenvalue weighted by molar-refractivity contribution is 5.80. The summed E-state index contributed by atoms with van der Waals surface area (Å²) in [5, 5.41) is 24.4. The molecule has 4 heterocycles. The normalized spacial score (nSPS) is 22.4. The Morgan fingerprint density at radius 3 is 2.66 bits per heavy atom. The van der Waals surface area contributed by atoms with E-state index in [0.717, 1.165) is 19.5 Å². The van der Waals surface area contributed by atoms with Crippen LogP contribution in [0, 0.1) is 5.92 Å². The Morgan fingerprint density at radius 1 is 1.14 bits per heavy atom. The number of piperidine rings is 2. The Morgan fingerprint density at radius 2 is 1.91 bits per heavy atom. The van der Waals surface area contributed by atoms with E-state index in [1.165, 1.54) is 16.5 Å². The first-order valence-electron chi connectivity index (χ1n) is 12.4. The van der Waals surface area contributed by atoms with E-state index in [9.17, 15) is 19.8 Å². The number of amides is 1. The number of benzene rings is 1. The molecule has 186 valence electrons. The minimum atomic E-state index is -1.07. The van der Waals surface area contributed by atoms with E-state index in [4.69, 9.17) is 0 Å². The summed E-state index contributed by atoms with van der Waals surface area (Å²) in [7, 11) is 0. The van der Waals surface area contributed by atoms with Crippen LogP contribution in [0.3, 0.4) is 0 Å². The third kappa shape index (κ3) is 4.76. The molecule has 2 saturated heterocycles. The first-order chi connectivity index (χ1) is 17.0. The van der Waals surface area contributed by atoms with Crippen LogP contribution in [0.15, 0.2) is 53.7 Å². The largest absolute Gasteiger partial charge is 0.395 e. The van der Waals surface area contributed by atoms with Gasteiger partial charge >= 0.3 is 0 Å². The molecule has 2 aromatic heterocycles. The number of aliphatic hydroxyl groups excluding tert-OH is 1. The lowest BCUT2D eigenvalue weighted by Gasteiger charge is -2.41. The van der Waals surface area contributed by atoms with Gasteiger partial charge in [-0.3, -0.25) is 14.2 Å². The Hall–Kier alpha value is -3.01. The van der Waals surface area contributed by atoms with E-state index in [0.29, 0.717) is 43.5 Å². The second-order valence-electron chi connectivity index (χ2n) is 9.81. The quantitative estimate of drug-likeness (QED) is 0.485. The Labute approximate surface area is 204 Å². The number of carbonyl (C=O) groups is 1. The summed E-state index contributed by atoms with van der Waals surface area (Å²) < 4.78 is 3.20.